The molecule has 0 radical (unpaired) electrons. The Kier molecular flexibility index (Phi) is 6.80. The molecule has 0 spiro atoms. The number of rotatable bonds is 7. The van der Waals surface area contributed by atoms with Gasteiger partial charge in [-0.2, -0.15) is 0 Å². The van der Waals surface area contributed by atoms with E-state index in [0.29, 0.717) is 5.69 Å². The number of carbonyl (C=O) groups excluding carboxylic acids is 2. The number of hydrogen-bond acceptors (Lipinski definition) is 4. The zero-order valence-corrected chi connectivity index (χ0v) is 14.7. The molecular formula is C18H17F4N3O3. The Morgan fingerprint density at radius 2 is 1.71 bits per heavy atom. The third kappa shape index (κ3) is 6.78. The Morgan fingerprint density at radius 3 is 2.36 bits per heavy atom. The van der Waals surface area contributed by atoms with Crippen molar-refractivity contribution in [3.05, 3.63) is 54.3 Å². The maximum absolute atomic E-state index is 12.8. The molecule has 10 heteroatoms. The van der Waals surface area contributed by atoms with E-state index in [2.05, 4.69) is 15.4 Å². The fourth-order valence-corrected chi connectivity index (χ4v) is 2.17. The second-order valence-corrected chi connectivity index (χ2v) is 5.70. The first-order valence-electron chi connectivity index (χ1n) is 8.02. The van der Waals surface area contributed by atoms with E-state index in [1.807, 2.05) is 0 Å². The van der Waals surface area contributed by atoms with Gasteiger partial charge >= 0.3 is 6.36 Å². The number of likely N-dealkylation sites (N-methyl/N-ethyl adjacent to an activating group) is 1. The predicted molar refractivity (Wildman–Crippen MR) is 94.3 cm³/mol. The summed E-state index contributed by atoms with van der Waals surface area (Å²) >= 11 is 0. The van der Waals surface area contributed by atoms with Crippen molar-refractivity contribution >= 4 is 23.2 Å². The van der Waals surface area contributed by atoms with Crippen LogP contribution in [0.3, 0.4) is 0 Å². The number of benzene rings is 2. The highest BCUT2D eigenvalue weighted by atomic mass is 19.4. The SMILES string of the molecule is CN(CC(=O)Nc1ccc(F)cc1)C(=O)CNc1ccccc1OC(F)(F)F. The highest BCUT2D eigenvalue weighted by molar-refractivity contribution is 5.95. The smallest absolute Gasteiger partial charge is 0.404 e. The zero-order valence-electron chi connectivity index (χ0n) is 14.7. The van der Waals surface area contributed by atoms with Crippen LogP contribution in [0.4, 0.5) is 28.9 Å². The van der Waals surface area contributed by atoms with Crippen LogP contribution < -0.4 is 15.4 Å². The van der Waals surface area contributed by atoms with Crippen molar-refractivity contribution in [3.63, 3.8) is 0 Å². The van der Waals surface area contributed by atoms with Gasteiger partial charge in [0.25, 0.3) is 0 Å². The standard InChI is InChI=1S/C18H17F4N3O3/c1-25(11-16(26)24-13-8-6-12(19)7-9-13)17(27)10-23-14-4-2-3-5-15(14)28-18(20,21)22/h2-9,23H,10-11H2,1H3,(H,24,26). The first-order chi connectivity index (χ1) is 13.1. The molecule has 0 bridgehead atoms. The Morgan fingerprint density at radius 1 is 1.07 bits per heavy atom. The van der Waals surface area contributed by atoms with Crippen LogP contribution in [0.5, 0.6) is 5.75 Å². The van der Waals surface area contributed by atoms with Gasteiger partial charge in [-0.1, -0.05) is 12.1 Å². The highest BCUT2D eigenvalue weighted by Gasteiger charge is 2.32. The maximum atomic E-state index is 12.8. The lowest BCUT2D eigenvalue weighted by atomic mass is 10.3. The molecule has 0 heterocycles. The van der Waals surface area contributed by atoms with E-state index in [4.69, 9.17) is 0 Å². The topological polar surface area (TPSA) is 70.7 Å². The van der Waals surface area contributed by atoms with Gasteiger partial charge < -0.3 is 20.3 Å². The average Bonchev–Trinajstić information content (AvgIpc) is 2.61. The highest BCUT2D eigenvalue weighted by Crippen LogP contribution is 2.29. The quantitative estimate of drug-likeness (QED) is 0.702. The molecule has 0 unspecified atom stereocenters. The molecule has 2 amide bonds. The minimum Gasteiger partial charge on any atom is -0.404 e. The molecule has 0 aliphatic carbocycles. The van der Waals surface area contributed by atoms with Crippen molar-refractivity contribution in [1.29, 1.82) is 0 Å². The lowest BCUT2D eigenvalue weighted by molar-refractivity contribution is -0.274. The van der Waals surface area contributed by atoms with Crippen LogP contribution in [0.2, 0.25) is 0 Å². The van der Waals surface area contributed by atoms with Crippen molar-refractivity contribution in [2.45, 2.75) is 6.36 Å². The van der Waals surface area contributed by atoms with Gasteiger partial charge in [0.2, 0.25) is 11.8 Å². The molecule has 150 valence electrons. The monoisotopic (exact) mass is 399 g/mol. The van der Waals surface area contributed by atoms with Gasteiger partial charge in [-0.05, 0) is 36.4 Å². The summed E-state index contributed by atoms with van der Waals surface area (Å²) in [4.78, 5) is 25.1. The number of alkyl halides is 3. The zero-order chi connectivity index (χ0) is 20.7. The van der Waals surface area contributed by atoms with Crippen molar-refractivity contribution in [2.24, 2.45) is 0 Å². The molecule has 2 aromatic carbocycles. The van der Waals surface area contributed by atoms with Crippen LogP contribution in [0.15, 0.2) is 48.5 Å². The van der Waals surface area contributed by atoms with Crippen LogP contribution in [0, 0.1) is 5.82 Å². The molecule has 2 rings (SSSR count). The second kappa shape index (κ2) is 9.07. The number of hydrogen-bond donors (Lipinski definition) is 2. The minimum atomic E-state index is -4.86. The molecular weight excluding hydrogens is 382 g/mol. The molecule has 0 aromatic heterocycles. The fraction of sp³-hybridized carbons (Fsp3) is 0.222. The Labute approximate surface area is 158 Å². The van der Waals surface area contributed by atoms with Gasteiger partial charge in [0.1, 0.15) is 5.82 Å². The van der Waals surface area contributed by atoms with Gasteiger partial charge in [-0.15, -0.1) is 13.2 Å². The summed E-state index contributed by atoms with van der Waals surface area (Å²) in [6.45, 7) is -0.642. The van der Waals surface area contributed by atoms with Gasteiger partial charge in [0, 0.05) is 12.7 Å². The molecule has 0 fully saturated rings. The van der Waals surface area contributed by atoms with E-state index < -0.39 is 29.7 Å². The average molecular weight is 399 g/mol. The lowest BCUT2D eigenvalue weighted by Crippen LogP contribution is -2.38. The van der Waals surface area contributed by atoms with Crippen LogP contribution in [-0.4, -0.2) is 43.2 Å². The summed E-state index contributed by atoms with van der Waals surface area (Å²) in [5, 5.41) is 5.05. The molecule has 0 saturated carbocycles. The van der Waals surface area contributed by atoms with Crippen LogP contribution in [0.25, 0.3) is 0 Å². The van der Waals surface area contributed by atoms with Gasteiger partial charge in [-0.3, -0.25) is 9.59 Å². The summed E-state index contributed by atoms with van der Waals surface area (Å²) in [7, 11) is 1.37. The largest absolute Gasteiger partial charge is 0.573 e. The van der Waals surface area contributed by atoms with Crippen molar-refractivity contribution in [3.8, 4) is 5.75 Å². The van der Waals surface area contributed by atoms with E-state index in [-0.39, 0.29) is 18.8 Å². The predicted octanol–water partition coefficient (Wildman–Crippen LogP) is 3.23. The summed E-state index contributed by atoms with van der Waals surface area (Å²) in [5.74, 6) is -1.97. The van der Waals surface area contributed by atoms with Gasteiger partial charge in [-0.25, -0.2) is 4.39 Å². The molecule has 2 aromatic rings. The molecule has 0 aliphatic heterocycles. The van der Waals surface area contributed by atoms with E-state index in [1.165, 1.54) is 49.5 Å². The Hall–Kier alpha value is -3.30. The summed E-state index contributed by atoms with van der Waals surface area (Å²) in [5.41, 5.74) is 0.348. The van der Waals surface area contributed by atoms with E-state index in [1.54, 1.807) is 0 Å². The van der Waals surface area contributed by atoms with Crippen LogP contribution >= 0.6 is 0 Å². The van der Waals surface area contributed by atoms with Crippen molar-refractivity contribution < 1.29 is 31.9 Å². The van der Waals surface area contributed by atoms with E-state index in [9.17, 15) is 27.2 Å². The van der Waals surface area contributed by atoms with E-state index in [0.717, 1.165) is 11.0 Å². The molecule has 6 nitrogen and oxygen atoms in total. The number of ether oxygens (including phenoxy) is 1. The number of nitrogens with zero attached hydrogens (tertiary/aromatic N) is 1. The second-order valence-electron chi connectivity index (χ2n) is 5.70. The first kappa shape index (κ1) is 21.0. The van der Waals surface area contributed by atoms with Crippen molar-refractivity contribution in [2.75, 3.05) is 30.8 Å². The number of carbonyl (C=O) groups is 2. The minimum absolute atomic E-state index is 0.0164. The van der Waals surface area contributed by atoms with Crippen LogP contribution in [0.1, 0.15) is 0 Å². The number of amides is 2. The summed E-state index contributed by atoms with van der Waals surface area (Å²) in [6.07, 6.45) is -4.86. The summed E-state index contributed by atoms with van der Waals surface area (Å²) in [6, 6.07) is 10.4. The van der Waals surface area contributed by atoms with Crippen LogP contribution in [-0.2, 0) is 9.59 Å². The Bertz CT molecular complexity index is 826. The number of nitrogens with one attached hydrogen (secondary N) is 2. The van der Waals surface area contributed by atoms with Crippen molar-refractivity contribution in [1.82, 2.24) is 4.90 Å². The molecule has 0 atom stereocenters. The van der Waals surface area contributed by atoms with Gasteiger partial charge in [0.15, 0.2) is 5.75 Å². The molecule has 0 saturated heterocycles. The summed E-state index contributed by atoms with van der Waals surface area (Å²) < 4.78 is 53.9. The number of para-hydroxylation sites is 2. The fourth-order valence-electron chi connectivity index (χ4n) is 2.17. The number of halogens is 4. The molecule has 28 heavy (non-hydrogen) atoms. The van der Waals surface area contributed by atoms with Gasteiger partial charge in [0.05, 0.1) is 18.8 Å². The maximum Gasteiger partial charge on any atom is 0.573 e. The third-order valence-electron chi connectivity index (χ3n) is 3.48. The lowest BCUT2D eigenvalue weighted by Gasteiger charge is -2.19. The Balaban J connectivity index is 1.87. The molecule has 2 N–H and O–H groups in total. The third-order valence-corrected chi connectivity index (χ3v) is 3.48. The number of anilines is 2. The van der Waals surface area contributed by atoms with E-state index >= 15 is 0 Å². The normalized spacial score (nSPS) is 10.9. The first-order valence-corrected chi connectivity index (χ1v) is 8.02. The molecule has 0 aliphatic rings.